The van der Waals surface area contributed by atoms with Crippen molar-refractivity contribution in [3.8, 4) is 11.4 Å². The summed E-state index contributed by atoms with van der Waals surface area (Å²) in [5.74, 6) is 3.72. The fraction of sp³-hybridized carbons (Fsp3) is 0.368. The van der Waals surface area contributed by atoms with Crippen LogP contribution in [0.4, 0.5) is 5.82 Å². The predicted octanol–water partition coefficient (Wildman–Crippen LogP) is 3.19. The topological polar surface area (TPSA) is 59.7 Å². The highest BCUT2D eigenvalue weighted by molar-refractivity contribution is 5.56. The molecule has 6 heteroatoms. The van der Waals surface area contributed by atoms with E-state index in [4.69, 9.17) is 0 Å². The highest BCUT2D eigenvalue weighted by Crippen LogP contribution is 2.29. The monoisotopic (exact) mass is 334 g/mol. The lowest BCUT2D eigenvalue weighted by Crippen LogP contribution is -2.37. The molecule has 0 bridgehead atoms. The molecule has 0 N–H and O–H groups in total. The zero-order valence-corrected chi connectivity index (χ0v) is 14.8. The first-order valence-electron chi connectivity index (χ1n) is 8.74. The van der Waals surface area contributed by atoms with E-state index in [1.54, 1.807) is 0 Å². The first kappa shape index (κ1) is 15.7. The van der Waals surface area contributed by atoms with Gasteiger partial charge in [-0.05, 0) is 20.3 Å². The lowest BCUT2D eigenvalue weighted by Gasteiger charge is -2.33. The van der Waals surface area contributed by atoms with E-state index in [9.17, 15) is 0 Å². The van der Waals surface area contributed by atoms with Gasteiger partial charge in [0.05, 0.1) is 12.6 Å². The standard InChI is InChI=1S/C19H22N6/c1-4-16-10-17(21-14(3)20-16)24-11-13(2)25-18(12-24)22-23-19(25)15-8-6-5-7-9-15/h5-10,13H,4,11-12H2,1-3H3/t13-/m0/s1. The summed E-state index contributed by atoms with van der Waals surface area (Å²) in [7, 11) is 0. The molecule has 0 saturated heterocycles. The highest BCUT2D eigenvalue weighted by Gasteiger charge is 2.28. The van der Waals surface area contributed by atoms with Crippen LogP contribution in [0.25, 0.3) is 11.4 Å². The second-order valence-corrected chi connectivity index (χ2v) is 6.52. The first-order valence-corrected chi connectivity index (χ1v) is 8.74. The van der Waals surface area contributed by atoms with Gasteiger partial charge in [0.2, 0.25) is 0 Å². The third-order valence-electron chi connectivity index (χ3n) is 4.62. The number of hydrogen-bond acceptors (Lipinski definition) is 5. The minimum atomic E-state index is 0.273. The van der Waals surface area contributed by atoms with Crippen molar-refractivity contribution in [2.75, 3.05) is 11.4 Å². The number of fused-ring (bicyclic) bond motifs is 1. The van der Waals surface area contributed by atoms with E-state index >= 15 is 0 Å². The van der Waals surface area contributed by atoms with Crippen LogP contribution in [0.3, 0.4) is 0 Å². The first-order chi connectivity index (χ1) is 12.2. The van der Waals surface area contributed by atoms with E-state index in [1.165, 1.54) is 0 Å². The zero-order valence-electron chi connectivity index (χ0n) is 14.8. The SMILES string of the molecule is CCc1cc(N2Cc3nnc(-c4ccccc4)n3[C@@H](C)C2)nc(C)n1. The summed E-state index contributed by atoms with van der Waals surface area (Å²) in [6, 6.07) is 12.6. The Morgan fingerprint density at radius 3 is 2.68 bits per heavy atom. The molecule has 0 amide bonds. The van der Waals surface area contributed by atoms with Gasteiger partial charge in [-0.1, -0.05) is 37.3 Å². The van der Waals surface area contributed by atoms with Gasteiger partial charge >= 0.3 is 0 Å². The van der Waals surface area contributed by atoms with Crippen molar-refractivity contribution in [3.63, 3.8) is 0 Å². The molecular weight excluding hydrogens is 312 g/mol. The van der Waals surface area contributed by atoms with E-state index in [0.29, 0.717) is 6.54 Å². The Morgan fingerprint density at radius 2 is 1.92 bits per heavy atom. The van der Waals surface area contributed by atoms with Gasteiger partial charge in [-0.25, -0.2) is 9.97 Å². The normalized spacial score (nSPS) is 16.8. The molecule has 1 atom stereocenters. The lowest BCUT2D eigenvalue weighted by molar-refractivity contribution is 0.464. The van der Waals surface area contributed by atoms with E-state index < -0.39 is 0 Å². The Labute approximate surface area is 147 Å². The molecule has 1 aromatic carbocycles. The van der Waals surface area contributed by atoms with E-state index in [2.05, 4.69) is 61.7 Å². The maximum absolute atomic E-state index is 4.64. The number of anilines is 1. The van der Waals surface area contributed by atoms with Crippen molar-refractivity contribution in [2.24, 2.45) is 0 Å². The van der Waals surface area contributed by atoms with Gasteiger partial charge in [-0.3, -0.25) is 0 Å². The van der Waals surface area contributed by atoms with Crippen molar-refractivity contribution in [1.29, 1.82) is 0 Å². The van der Waals surface area contributed by atoms with Crippen LogP contribution in [-0.4, -0.2) is 31.3 Å². The van der Waals surface area contributed by atoms with Crippen LogP contribution in [0.2, 0.25) is 0 Å². The summed E-state index contributed by atoms with van der Waals surface area (Å²) in [6.45, 7) is 7.87. The molecule has 0 unspecified atom stereocenters. The maximum atomic E-state index is 4.64. The fourth-order valence-corrected chi connectivity index (χ4v) is 3.44. The molecule has 25 heavy (non-hydrogen) atoms. The second-order valence-electron chi connectivity index (χ2n) is 6.52. The van der Waals surface area contributed by atoms with Crippen LogP contribution in [0.1, 0.15) is 37.2 Å². The molecule has 4 rings (SSSR count). The van der Waals surface area contributed by atoms with Crippen LogP contribution in [-0.2, 0) is 13.0 Å². The average Bonchev–Trinajstić information content (AvgIpc) is 3.06. The van der Waals surface area contributed by atoms with Gasteiger partial charge in [-0.15, -0.1) is 10.2 Å². The fourth-order valence-electron chi connectivity index (χ4n) is 3.44. The van der Waals surface area contributed by atoms with Crippen molar-refractivity contribution < 1.29 is 0 Å². The molecule has 2 aromatic heterocycles. The number of aryl methyl sites for hydroxylation is 2. The number of rotatable bonds is 3. The molecule has 0 radical (unpaired) electrons. The van der Waals surface area contributed by atoms with E-state index in [0.717, 1.165) is 47.5 Å². The number of hydrogen-bond donors (Lipinski definition) is 0. The van der Waals surface area contributed by atoms with Crippen molar-refractivity contribution in [2.45, 2.75) is 39.8 Å². The van der Waals surface area contributed by atoms with Crippen LogP contribution in [0, 0.1) is 6.92 Å². The minimum Gasteiger partial charge on any atom is -0.347 e. The third kappa shape index (κ3) is 2.88. The summed E-state index contributed by atoms with van der Waals surface area (Å²) in [4.78, 5) is 11.4. The molecule has 3 aromatic rings. The zero-order chi connectivity index (χ0) is 17.4. The second kappa shape index (κ2) is 6.27. The van der Waals surface area contributed by atoms with Crippen LogP contribution < -0.4 is 4.90 Å². The Kier molecular flexibility index (Phi) is 3.95. The summed E-state index contributed by atoms with van der Waals surface area (Å²) in [5.41, 5.74) is 2.18. The average molecular weight is 334 g/mol. The summed E-state index contributed by atoms with van der Waals surface area (Å²) < 4.78 is 2.25. The Balaban J connectivity index is 1.69. The summed E-state index contributed by atoms with van der Waals surface area (Å²) in [5, 5.41) is 8.90. The minimum absolute atomic E-state index is 0.273. The summed E-state index contributed by atoms with van der Waals surface area (Å²) in [6.07, 6.45) is 0.911. The van der Waals surface area contributed by atoms with Gasteiger partial charge in [0.1, 0.15) is 11.6 Å². The van der Waals surface area contributed by atoms with Gasteiger partial charge in [0, 0.05) is 23.9 Å². The van der Waals surface area contributed by atoms with Crippen molar-refractivity contribution >= 4 is 5.82 Å². The van der Waals surface area contributed by atoms with Crippen molar-refractivity contribution in [1.82, 2.24) is 24.7 Å². The van der Waals surface area contributed by atoms with Crippen LogP contribution in [0.5, 0.6) is 0 Å². The number of nitrogens with zero attached hydrogens (tertiary/aromatic N) is 6. The quantitative estimate of drug-likeness (QED) is 0.736. The predicted molar refractivity (Wildman–Crippen MR) is 97.4 cm³/mol. The molecule has 1 aliphatic heterocycles. The molecule has 1 aliphatic rings. The third-order valence-corrected chi connectivity index (χ3v) is 4.62. The highest BCUT2D eigenvalue weighted by atomic mass is 15.4. The molecule has 0 saturated carbocycles. The maximum Gasteiger partial charge on any atom is 0.164 e. The molecule has 0 spiro atoms. The molecule has 3 heterocycles. The molecule has 128 valence electrons. The van der Waals surface area contributed by atoms with Gasteiger partial charge in [0.25, 0.3) is 0 Å². The smallest absolute Gasteiger partial charge is 0.164 e. The Hall–Kier alpha value is -2.76. The molecule has 0 fully saturated rings. The van der Waals surface area contributed by atoms with Gasteiger partial charge in [0.15, 0.2) is 11.6 Å². The van der Waals surface area contributed by atoms with E-state index in [1.807, 2.05) is 25.1 Å². The summed E-state index contributed by atoms with van der Waals surface area (Å²) >= 11 is 0. The number of benzene rings is 1. The molecular formula is C19H22N6. The Bertz CT molecular complexity index is 886. The molecule has 6 nitrogen and oxygen atoms in total. The van der Waals surface area contributed by atoms with Crippen LogP contribution in [0.15, 0.2) is 36.4 Å². The van der Waals surface area contributed by atoms with E-state index in [-0.39, 0.29) is 6.04 Å². The van der Waals surface area contributed by atoms with Crippen LogP contribution >= 0.6 is 0 Å². The lowest BCUT2D eigenvalue weighted by atomic mass is 10.1. The largest absolute Gasteiger partial charge is 0.347 e. The van der Waals surface area contributed by atoms with Gasteiger partial charge < -0.3 is 9.47 Å². The van der Waals surface area contributed by atoms with Crippen molar-refractivity contribution in [3.05, 3.63) is 53.7 Å². The van der Waals surface area contributed by atoms with Gasteiger partial charge in [-0.2, -0.15) is 0 Å². The Morgan fingerprint density at radius 1 is 1.12 bits per heavy atom. The number of aromatic nitrogens is 5. The molecule has 0 aliphatic carbocycles.